The van der Waals surface area contributed by atoms with Crippen LogP contribution in [0.4, 0.5) is 19.0 Å². The summed E-state index contributed by atoms with van der Waals surface area (Å²) in [7, 11) is 0. The van der Waals surface area contributed by atoms with Gasteiger partial charge in [0, 0.05) is 24.5 Å². The van der Waals surface area contributed by atoms with E-state index in [4.69, 9.17) is 0 Å². The highest BCUT2D eigenvalue weighted by Crippen LogP contribution is 2.33. The van der Waals surface area contributed by atoms with Gasteiger partial charge in [-0.1, -0.05) is 56.0 Å². The fraction of sp³-hybridized carbons (Fsp3) is 0.375. The average Bonchev–Trinajstić information content (AvgIpc) is 3.44. The van der Waals surface area contributed by atoms with Crippen molar-refractivity contribution >= 4 is 11.7 Å². The quantitative estimate of drug-likeness (QED) is 0.549. The summed E-state index contributed by atoms with van der Waals surface area (Å²) in [4.78, 5) is 25.7. The normalized spacial score (nSPS) is 15.5. The monoisotopic (exact) mass is 458 g/mol. The molecule has 1 unspecified atom stereocenters. The molecular weight excluding hydrogens is 433 g/mol. The van der Waals surface area contributed by atoms with Crippen molar-refractivity contribution in [2.24, 2.45) is 5.92 Å². The van der Waals surface area contributed by atoms with Crippen LogP contribution in [-0.2, 0) is 17.5 Å². The van der Waals surface area contributed by atoms with Crippen LogP contribution in [-0.4, -0.2) is 20.3 Å². The number of carbonyl (C=O) groups excluding carboxylic acids is 1. The van der Waals surface area contributed by atoms with Crippen LogP contribution in [0.25, 0.3) is 0 Å². The van der Waals surface area contributed by atoms with Gasteiger partial charge < -0.3 is 9.88 Å². The minimum atomic E-state index is -4.62. The van der Waals surface area contributed by atoms with Crippen LogP contribution in [0.5, 0.6) is 0 Å². The van der Waals surface area contributed by atoms with Crippen LogP contribution in [0.3, 0.4) is 0 Å². The van der Waals surface area contributed by atoms with Gasteiger partial charge in [0.15, 0.2) is 5.82 Å². The maximum absolute atomic E-state index is 13.2. The first-order valence-electron chi connectivity index (χ1n) is 11.0. The Morgan fingerprint density at radius 1 is 1.09 bits per heavy atom. The van der Waals surface area contributed by atoms with Crippen LogP contribution >= 0.6 is 0 Å². The molecule has 174 valence electrons. The molecule has 0 spiro atoms. The highest BCUT2D eigenvalue weighted by atomic mass is 19.4. The minimum Gasteiger partial charge on any atom is -0.307 e. The Morgan fingerprint density at radius 3 is 2.48 bits per heavy atom. The van der Waals surface area contributed by atoms with Crippen molar-refractivity contribution in [3.8, 4) is 0 Å². The number of hydrogen-bond donors (Lipinski definition) is 1. The van der Waals surface area contributed by atoms with E-state index in [9.17, 15) is 22.8 Å². The molecule has 1 aromatic carbocycles. The van der Waals surface area contributed by atoms with E-state index >= 15 is 0 Å². The van der Waals surface area contributed by atoms with E-state index in [1.165, 1.54) is 0 Å². The Bertz CT molecular complexity index is 1150. The van der Waals surface area contributed by atoms with Crippen LogP contribution in [0, 0.1) is 5.92 Å². The molecule has 1 saturated carbocycles. The van der Waals surface area contributed by atoms with Crippen molar-refractivity contribution in [2.75, 3.05) is 5.32 Å². The van der Waals surface area contributed by atoms with Crippen molar-refractivity contribution in [2.45, 2.75) is 50.9 Å². The maximum atomic E-state index is 13.2. The van der Waals surface area contributed by atoms with Crippen LogP contribution < -0.4 is 10.9 Å². The number of hydrogen-bond acceptors (Lipinski definition) is 3. The lowest BCUT2D eigenvalue weighted by Crippen LogP contribution is -2.34. The summed E-state index contributed by atoms with van der Waals surface area (Å²) >= 11 is 0. The smallest absolute Gasteiger partial charge is 0.307 e. The van der Waals surface area contributed by atoms with Gasteiger partial charge in [-0.25, -0.2) is 0 Å². The van der Waals surface area contributed by atoms with Gasteiger partial charge >= 0.3 is 6.18 Å². The van der Waals surface area contributed by atoms with E-state index in [-0.39, 0.29) is 5.92 Å². The number of nitrogens with zero attached hydrogens (tertiary/aromatic N) is 3. The Kier molecular flexibility index (Phi) is 6.67. The second kappa shape index (κ2) is 9.64. The second-order valence-electron chi connectivity index (χ2n) is 8.43. The number of aromatic nitrogens is 3. The number of pyridine rings is 1. The van der Waals surface area contributed by atoms with Gasteiger partial charge in [0.1, 0.15) is 6.04 Å². The summed E-state index contributed by atoms with van der Waals surface area (Å²) < 4.78 is 41.8. The summed E-state index contributed by atoms with van der Waals surface area (Å²) in [6.07, 6.45) is 2.54. The lowest BCUT2D eigenvalue weighted by molar-refractivity contribution is -0.137. The van der Waals surface area contributed by atoms with Gasteiger partial charge in [-0.3, -0.25) is 14.3 Å². The van der Waals surface area contributed by atoms with Crippen molar-refractivity contribution in [1.29, 1.82) is 0 Å². The molecule has 1 atom stereocenters. The molecule has 33 heavy (non-hydrogen) atoms. The number of amides is 1. The van der Waals surface area contributed by atoms with E-state index in [1.54, 1.807) is 16.9 Å². The first-order chi connectivity index (χ1) is 15.8. The zero-order valence-corrected chi connectivity index (χ0v) is 18.0. The fourth-order valence-corrected chi connectivity index (χ4v) is 4.33. The van der Waals surface area contributed by atoms with E-state index in [0.717, 1.165) is 48.1 Å². The van der Waals surface area contributed by atoms with E-state index in [2.05, 4.69) is 10.4 Å². The molecule has 6 nitrogen and oxygen atoms in total. The topological polar surface area (TPSA) is 68.9 Å². The lowest BCUT2D eigenvalue weighted by atomic mass is 9.97. The zero-order chi connectivity index (χ0) is 23.4. The van der Waals surface area contributed by atoms with Crippen molar-refractivity contribution in [3.63, 3.8) is 0 Å². The molecule has 0 radical (unpaired) electrons. The number of rotatable bonds is 7. The summed E-state index contributed by atoms with van der Waals surface area (Å²) in [5.41, 5.74) is -0.824. The standard InChI is InChI=1S/C24H25F3N4O2/c25-24(26,27)19-10-13-31(22(32)15-19)20(14-17-6-4-5-7-17)23(33)28-21-11-12-30(29-21)16-18-8-2-1-3-9-18/h1-3,8-13,15,17,20H,4-7,14,16H2,(H,28,29,33). The Labute approximate surface area is 189 Å². The molecule has 2 aromatic heterocycles. The van der Waals surface area contributed by atoms with Gasteiger partial charge in [0.25, 0.3) is 5.56 Å². The molecule has 1 fully saturated rings. The molecule has 1 aliphatic carbocycles. The SMILES string of the molecule is O=C(Nc1ccn(Cc2ccccc2)n1)C(CC1CCCC1)n1ccc(C(F)(F)F)cc1=O. The highest BCUT2D eigenvalue weighted by molar-refractivity contribution is 5.92. The zero-order valence-electron chi connectivity index (χ0n) is 18.0. The van der Waals surface area contributed by atoms with Crippen LogP contribution in [0.1, 0.15) is 49.3 Å². The summed E-state index contributed by atoms with van der Waals surface area (Å²) in [6.45, 7) is 0.528. The van der Waals surface area contributed by atoms with Gasteiger partial charge in [-0.05, 0) is 24.0 Å². The number of nitrogens with one attached hydrogen (secondary N) is 1. The molecule has 0 bridgehead atoms. The largest absolute Gasteiger partial charge is 0.416 e. The third-order valence-electron chi connectivity index (χ3n) is 6.02. The van der Waals surface area contributed by atoms with Gasteiger partial charge in [-0.15, -0.1) is 0 Å². The van der Waals surface area contributed by atoms with E-state index in [1.807, 2.05) is 30.3 Å². The predicted molar refractivity (Wildman–Crippen MR) is 118 cm³/mol. The van der Waals surface area contributed by atoms with Crippen LogP contribution in [0.2, 0.25) is 0 Å². The molecule has 4 rings (SSSR count). The summed E-state index contributed by atoms with van der Waals surface area (Å²) in [5.74, 6) is 0.103. The molecule has 1 aliphatic rings. The molecule has 1 N–H and O–H groups in total. The van der Waals surface area contributed by atoms with Crippen molar-refractivity contribution < 1.29 is 18.0 Å². The molecule has 3 aromatic rings. The average molecular weight is 458 g/mol. The molecular formula is C24H25F3N4O2. The molecule has 1 amide bonds. The van der Waals surface area contributed by atoms with Gasteiger partial charge in [0.2, 0.25) is 5.91 Å². The number of benzene rings is 1. The second-order valence-corrected chi connectivity index (χ2v) is 8.43. The molecule has 0 saturated heterocycles. The number of carbonyl (C=O) groups is 1. The number of halogens is 3. The number of alkyl halides is 3. The minimum absolute atomic E-state index is 0.241. The molecule has 0 aliphatic heterocycles. The number of anilines is 1. The van der Waals surface area contributed by atoms with Crippen molar-refractivity contribution in [1.82, 2.24) is 14.3 Å². The van der Waals surface area contributed by atoms with Gasteiger partial charge in [-0.2, -0.15) is 18.3 Å². The molecule has 2 heterocycles. The summed E-state index contributed by atoms with van der Waals surface area (Å²) in [6, 6.07) is 11.8. The van der Waals surface area contributed by atoms with E-state index < -0.39 is 29.2 Å². The Balaban J connectivity index is 1.54. The summed E-state index contributed by atoms with van der Waals surface area (Å²) in [5, 5.41) is 7.11. The fourth-order valence-electron chi connectivity index (χ4n) is 4.33. The van der Waals surface area contributed by atoms with Crippen molar-refractivity contribution in [3.05, 3.63) is 82.4 Å². The highest BCUT2D eigenvalue weighted by Gasteiger charge is 2.33. The first-order valence-corrected chi connectivity index (χ1v) is 11.0. The molecule has 9 heteroatoms. The Hall–Kier alpha value is -3.36. The van der Waals surface area contributed by atoms with Crippen LogP contribution in [0.15, 0.2) is 65.7 Å². The Morgan fingerprint density at radius 2 is 1.82 bits per heavy atom. The lowest BCUT2D eigenvalue weighted by Gasteiger charge is -2.22. The predicted octanol–water partition coefficient (Wildman–Crippen LogP) is 4.87. The third-order valence-corrected chi connectivity index (χ3v) is 6.02. The first kappa shape index (κ1) is 22.8. The van der Waals surface area contributed by atoms with E-state index in [0.29, 0.717) is 24.8 Å². The third kappa shape index (κ3) is 5.71. The van der Waals surface area contributed by atoms with Gasteiger partial charge in [0.05, 0.1) is 12.1 Å². The maximum Gasteiger partial charge on any atom is 0.416 e.